The topological polar surface area (TPSA) is 93.3 Å². The van der Waals surface area contributed by atoms with Crippen LogP contribution in [0.5, 0.6) is 0 Å². The quantitative estimate of drug-likeness (QED) is 0.707. The van der Waals surface area contributed by atoms with Crippen molar-refractivity contribution >= 4 is 11.6 Å². The Hall–Kier alpha value is -1.90. The van der Waals surface area contributed by atoms with Gasteiger partial charge >= 0.3 is 0 Å². The number of aliphatic hydroxyl groups excluding tert-OH is 2. The van der Waals surface area contributed by atoms with E-state index in [9.17, 15) is 15.0 Å². The second-order valence-corrected chi connectivity index (χ2v) is 3.98. The first kappa shape index (κ1) is 11.6. The zero-order chi connectivity index (χ0) is 12.4. The highest BCUT2D eigenvalue weighted by molar-refractivity contribution is 6.00. The van der Waals surface area contributed by atoms with Gasteiger partial charge < -0.3 is 15.5 Å². The molecular formula is C12H12N2O3. The van der Waals surface area contributed by atoms with Crippen LogP contribution in [0.15, 0.2) is 18.2 Å². The summed E-state index contributed by atoms with van der Waals surface area (Å²) in [6.07, 6.45) is -2.18. The molecule has 1 aromatic rings. The average Bonchev–Trinajstić information content (AvgIpc) is 2.68. The number of aliphatic hydroxyl groups is 2. The Bertz CT molecular complexity index is 493. The molecule has 1 amide bonds. The number of para-hydroxylation sites is 1. The van der Waals surface area contributed by atoms with E-state index in [1.807, 2.05) is 0 Å². The maximum Gasteiger partial charge on any atom is 0.228 e. The van der Waals surface area contributed by atoms with Crippen molar-refractivity contribution in [2.75, 3.05) is 5.32 Å². The van der Waals surface area contributed by atoms with Gasteiger partial charge in [0, 0.05) is 5.56 Å². The number of hydrogen-bond donors (Lipinski definition) is 3. The van der Waals surface area contributed by atoms with Crippen molar-refractivity contribution in [1.82, 2.24) is 0 Å². The SMILES string of the molecule is N#CCC(O)C(O)c1cccc2c1NC(=O)C2. The number of nitrogens with one attached hydrogen (secondary N) is 1. The van der Waals surface area contributed by atoms with Gasteiger partial charge in [0.15, 0.2) is 0 Å². The number of carbonyl (C=O) groups is 1. The predicted octanol–water partition coefficient (Wildman–Crippen LogP) is 0.489. The second kappa shape index (κ2) is 4.53. The molecule has 0 fully saturated rings. The molecule has 3 N–H and O–H groups in total. The Kier molecular flexibility index (Phi) is 3.09. The van der Waals surface area contributed by atoms with Crippen LogP contribution in [0.4, 0.5) is 5.69 Å². The molecule has 0 aliphatic carbocycles. The van der Waals surface area contributed by atoms with Crippen LogP contribution in [0.3, 0.4) is 0 Å². The van der Waals surface area contributed by atoms with Gasteiger partial charge in [0.2, 0.25) is 5.91 Å². The fraction of sp³-hybridized carbons (Fsp3) is 0.333. The lowest BCUT2D eigenvalue weighted by molar-refractivity contribution is -0.115. The van der Waals surface area contributed by atoms with E-state index in [-0.39, 0.29) is 18.7 Å². The Morgan fingerprint density at radius 3 is 2.94 bits per heavy atom. The summed E-state index contributed by atoms with van der Waals surface area (Å²) in [5.74, 6) is -0.130. The lowest BCUT2D eigenvalue weighted by Gasteiger charge is -2.18. The van der Waals surface area contributed by atoms with Gasteiger partial charge in [-0.1, -0.05) is 18.2 Å². The van der Waals surface area contributed by atoms with E-state index in [0.717, 1.165) is 5.56 Å². The summed E-state index contributed by atoms with van der Waals surface area (Å²) in [7, 11) is 0. The van der Waals surface area contributed by atoms with Crippen LogP contribution < -0.4 is 5.32 Å². The van der Waals surface area contributed by atoms with E-state index in [2.05, 4.69) is 5.32 Å². The zero-order valence-corrected chi connectivity index (χ0v) is 9.05. The number of anilines is 1. The van der Waals surface area contributed by atoms with E-state index in [1.165, 1.54) is 0 Å². The number of benzene rings is 1. The third kappa shape index (κ3) is 2.13. The summed E-state index contributed by atoms with van der Waals surface area (Å²) < 4.78 is 0. The second-order valence-electron chi connectivity index (χ2n) is 3.98. The Morgan fingerprint density at radius 2 is 2.24 bits per heavy atom. The maximum absolute atomic E-state index is 11.3. The molecule has 1 aliphatic rings. The minimum Gasteiger partial charge on any atom is -0.389 e. The van der Waals surface area contributed by atoms with Gasteiger partial charge in [-0.3, -0.25) is 4.79 Å². The molecule has 2 atom stereocenters. The van der Waals surface area contributed by atoms with Crippen LogP contribution in [0, 0.1) is 11.3 Å². The molecular weight excluding hydrogens is 220 g/mol. The molecule has 1 aliphatic heterocycles. The van der Waals surface area contributed by atoms with Crippen LogP contribution in [0.1, 0.15) is 23.7 Å². The zero-order valence-electron chi connectivity index (χ0n) is 9.05. The van der Waals surface area contributed by atoms with Crippen molar-refractivity contribution in [3.63, 3.8) is 0 Å². The Morgan fingerprint density at radius 1 is 1.47 bits per heavy atom. The minimum absolute atomic E-state index is 0.130. The van der Waals surface area contributed by atoms with Gasteiger partial charge in [0.1, 0.15) is 6.10 Å². The molecule has 5 heteroatoms. The molecule has 0 bridgehead atoms. The molecule has 1 aromatic carbocycles. The summed E-state index contributed by atoms with van der Waals surface area (Å²) in [5.41, 5.74) is 1.81. The number of nitriles is 1. The summed E-state index contributed by atoms with van der Waals surface area (Å²) >= 11 is 0. The molecule has 0 radical (unpaired) electrons. The van der Waals surface area contributed by atoms with Crippen molar-refractivity contribution in [2.24, 2.45) is 0 Å². The van der Waals surface area contributed by atoms with E-state index in [1.54, 1.807) is 24.3 Å². The van der Waals surface area contributed by atoms with E-state index in [4.69, 9.17) is 5.26 Å². The molecule has 0 spiro atoms. The van der Waals surface area contributed by atoms with Gasteiger partial charge in [-0.25, -0.2) is 0 Å². The van der Waals surface area contributed by atoms with E-state index < -0.39 is 12.2 Å². The van der Waals surface area contributed by atoms with Gasteiger partial charge in [0.25, 0.3) is 0 Å². The normalized spacial score (nSPS) is 16.9. The van der Waals surface area contributed by atoms with Crippen LogP contribution in [-0.4, -0.2) is 22.2 Å². The number of hydrogen-bond acceptors (Lipinski definition) is 4. The van der Waals surface area contributed by atoms with Crippen LogP contribution in [0.2, 0.25) is 0 Å². The fourth-order valence-corrected chi connectivity index (χ4v) is 1.94. The molecule has 17 heavy (non-hydrogen) atoms. The number of fused-ring (bicyclic) bond motifs is 1. The van der Waals surface area contributed by atoms with Crippen LogP contribution in [-0.2, 0) is 11.2 Å². The molecule has 2 unspecified atom stereocenters. The predicted molar refractivity (Wildman–Crippen MR) is 60.0 cm³/mol. The van der Waals surface area contributed by atoms with Gasteiger partial charge in [-0.05, 0) is 5.56 Å². The van der Waals surface area contributed by atoms with Crippen LogP contribution >= 0.6 is 0 Å². The lowest BCUT2D eigenvalue weighted by atomic mass is 9.98. The molecule has 0 aromatic heterocycles. The van der Waals surface area contributed by atoms with Crippen LogP contribution in [0.25, 0.3) is 0 Å². The summed E-state index contributed by atoms with van der Waals surface area (Å²) in [5, 5.41) is 30.6. The summed E-state index contributed by atoms with van der Waals surface area (Å²) in [4.78, 5) is 11.3. The summed E-state index contributed by atoms with van der Waals surface area (Å²) in [6, 6.07) is 6.94. The molecule has 0 saturated heterocycles. The molecule has 88 valence electrons. The maximum atomic E-state index is 11.3. The molecule has 1 heterocycles. The highest BCUT2D eigenvalue weighted by atomic mass is 16.3. The number of nitrogens with zero attached hydrogens (tertiary/aromatic N) is 1. The van der Waals surface area contributed by atoms with Gasteiger partial charge in [-0.2, -0.15) is 5.26 Å². The van der Waals surface area contributed by atoms with Crippen molar-refractivity contribution in [1.29, 1.82) is 5.26 Å². The van der Waals surface area contributed by atoms with Gasteiger partial charge in [-0.15, -0.1) is 0 Å². The van der Waals surface area contributed by atoms with Crippen molar-refractivity contribution < 1.29 is 15.0 Å². The minimum atomic E-state index is -1.16. The molecule has 0 saturated carbocycles. The smallest absolute Gasteiger partial charge is 0.228 e. The van der Waals surface area contributed by atoms with E-state index >= 15 is 0 Å². The molecule has 2 rings (SSSR count). The third-order valence-corrected chi connectivity index (χ3v) is 2.78. The number of rotatable bonds is 3. The first-order valence-electron chi connectivity index (χ1n) is 5.28. The Balaban J connectivity index is 2.32. The first-order valence-corrected chi connectivity index (χ1v) is 5.28. The fourth-order valence-electron chi connectivity index (χ4n) is 1.94. The van der Waals surface area contributed by atoms with Crippen molar-refractivity contribution in [3.05, 3.63) is 29.3 Å². The Labute approximate surface area is 98.3 Å². The highest BCUT2D eigenvalue weighted by Crippen LogP contribution is 2.33. The van der Waals surface area contributed by atoms with Crippen molar-refractivity contribution in [3.8, 4) is 6.07 Å². The highest BCUT2D eigenvalue weighted by Gasteiger charge is 2.26. The standard InChI is InChI=1S/C12H12N2O3/c13-5-4-9(15)12(17)8-3-1-2-7-6-10(16)14-11(7)8/h1-3,9,12,15,17H,4,6H2,(H,14,16). The van der Waals surface area contributed by atoms with Gasteiger partial charge in [0.05, 0.1) is 30.7 Å². The average molecular weight is 232 g/mol. The number of amides is 1. The molecule has 5 nitrogen and oxygen atoms in total. The largest absolute Gasteiger partial charge is 0.389 e. The van der Waals surface area contributed by atoms with E-state index in [0.29, 0.717) is 11.3 Å². The number of carbonyl (C=O) groups excluding carboxylic acids is 1. The first-order chi connectivity index (χ1) is 8.13. The van der Waals surface area contributed by atoms with Crippen molar-refractivity contribution in [2.45, 2.75) is 25.0 Å². The lowest BCUT2D eigenvalue weighted by Crippen LogP contribution is -2.18. The third-order valence-electron chi connectivity index (χ3n) is 2.78. The summed E-state index contributed by atoms with van der Waals surface area (Å²) in [6.45, 7) is 0. The monoisotopic (exact) mass is 232 g/mol.